The van der Waals surface area contributed by atoms with E-state index in [4.69, 9.17) is 0 Å². The van der Waals surface area contributed by atoms with E-state index in [0.29, 0.717) is 6.04 Å². The van der Waals surface area contributed by atoms with Gasteiger partial charge in [0.25, 0.3) is 0 Å². The second kappa shape index (κ2) is 5.02. The molecule has 1 aromatic heterocycles. The topological polar surface area (TPSA) is 29.9 Å². The zero-order chi connectivity index (χ0) is 9.68. The minimum Gasteiger partial charge on any atom is -0.333 e. The molecule has 13 heavy (non-hydrogen) atoms. The molecule has 0 amide bonds. The van der Waals surface area contributed by atoms with E-state index >= 15 is 0 Å². The molecule has 1 aromatic rings. The van der Waals surface area contributed by atoms with E-state index in [-0.39, 0.29) is 0 Å². The van der Waals surface area contributed by atoms with Crippen molar-refractivity contribution in [2.45, 2.75) is 39.3 Å². The Labute approximate surface area is 80.2 Å². The van der Waals surface area contributed by atoms with Crippen LogP contribution in [0.4, 0.5) is 0 Å². The van der Waals surface area contributed by atoms with Gasteiger partial charge in [0.05, 0.1) is 0 Å². The summed E-state index contributed by atoms with van der Waals surface area (Å²) in [5.74, 6) is 1.17. The fourth-order valence-corrected chi connectivity index (χ4v) is 1.48. The van der Waals surface area contributed by atoms with Crippen LogP contribution in [-0.4, -0.2) is 22.6 Å². The third-order valence-corrected chi connectivity index (χ3v) is 2.44. The van der Waals surface area contributed by atoms with E-state index < -0.39 is 0 Å². The fraction of sp³-hybridized carbons (Fsp3) is 0.700. The summed E-state index contributed by atoms with van der Waals surface area (Å²) >= 11 is 0. The average molecular weight is 181 g/mol. The van der Waals surface area contributed by atoms with E-state index in [9.17, 15) is 0 Å². The summed E-state index contributed by atoms with van der Waals surface area (Å²) in [6.07, 6.45) is 6.09. The molecule has 0 fully saturated rings. The molecule has 1 atom stereocenters. The molecule has 0 aliphatic heterocycles. The second-order valence-electron chi connectivity index (χ2n) is 3.24. The van der Waals surface area contributed by atoms with Crippen molar-refractivity contribution >= 4 is 0 Å². The first-order valence-electron chi connectivity index (χ1n) is 4.99. The molecule has 0 bridgehead atoms. The van der Waals surface area contributed by atoms with Crippen LogP contribution in [0.15, 0.2) is 12.4 Å². The third-order valence-electron chi connectivity index (χ3n) is 2.44. The minimum atomic E-state index is 0.555. The molecule has 3 heteroatoms. The lowest BCUT2D eigenvalue weighted by atomic mass is 10.2. The van der Waals surface area contributed by atoms with Gasteiger partial charge < -0.3 is 9.88 Å². The van der Waals surface area contributed by atoms with Gasteiger partial charge in [-0.2, -0.15) is 0 Å². The highest BCUT2D eigenvalue weighted by atomic mass is 15.1. The number of hydrogen-bond acceptors (Lipinski definition) is 2. The highest BCUT2D eigenvalue weighted by Gasteiger charge is 2.06. The summed E-state index contributed by atoms with van der Waals surface area (Å²) in [5, 5.41) is 3.29. The summed E-state index contributed by atoms with van der Waals surface area (Å²) in [6.45, 7) is 5.36. The molecular formula is C10H19N3. The number of aryl methyl sites for hydroxylation is 1. The van der Waals surface area contributed by atoms with Crippen LogP contribution in [0.3, 0.4) is 0 Å². The Morgan fingerprint density at radius 1 is 1.54 bits per heavy atom. The van der Waals surface area contributed by atoms with Gasteiger partial charge in [0.1, 0.15) is 5.82 Å². The maximum atomic E-state index is 4.29. The minimum absolute atomic E-state index is 0.555. The van der Waals surface area contributed by atoms with Crippen LogP contribution in [0.25, 0.3) is 0 Å². The van der Waals surface area contributed by atoms with Crippen LogP contribution in [0, 0.1) is 0 Å². The predicted octanol–water partition coefficient (Wildman–Crippen LogP) is 1.44. The molecule has 0 saturated heterocycles. The number of likely N-dealkylation sites (N-methyl/N-ethyl adjacent to an activating group) is 1. The molecule has 0 aliphatic carbocycles. The van der Waals surface area contributed by atoms with Gasteiger partial charge >= 0.3 is 0 Å². The van der Waals surface area contributed by atoms with Crippen LogP contribution < -0.4 is 5.32 Å². The van der Waals surface area contributed by atoms with Gasteiger partial charge in [0.15, 0.2) is 0 Å². The van der Waals surface area contributed by atoms with Crippen molar-refractivity contribution in [3.8, 4) is 0 Å². The molecule has 0 saturated carbocycles. The maximum Gasteiger partial charge on any atom is 0.108 e. The van der Waals surface area contributed by atoms with Gasteiger partial charge in [-0.05, 0) is 13.5 Å². The van der Waals surface area contributed by atoms with Gasteiger partial charge in [0.2, 0.25) is 0 Å². The molecule has 1 unspecified atom stereocenters. The van der Waals surface area contributed by atoms with Crippen molar-refractivity contribution in [2.24, 2.45) is 0 Å². The highest BCUT2D eigenvalue weighted by molar-refractivity contribution is 4.92. The zero-order valence-electron chi connectivity index (χ0n) is 8.75. The molecule has 1 heterocycles. The Kier molecular flexibility index (Phi) is 3.96. The molecular weight excluding hydrogens is 162 g/mol. The Morgan fingerprint density at radius 3 is 2.85 bits per heavy atom. The van der Waals surface area contributed by atoms with Crippen molar-refractivity contribution in [2.75, 3.05) is 7.05 Å². The van der Waals surface area contributed by atoms with Crippen LogP contribution in [0.2, 0.25) is 0 Å². The Hall–Kier alpha value is -0.830. The maximum absolute atomic E-state index is 4.29. The van der Waals surface area contributed by atoms with E-state index in [1.807, 2.05) is 13.2 Å². The number of nitrogens with one attached hydrogen (secondary N) is 1. The average Bonchev–Trinajstić information content (AvgIpc) is 2.61. The number of hydrogen-bond donors (Lipinski definition) is 1. The fourth-order valence-electron chi connectivity index (χ4n) is 1.48. The Morgan fingerprint density at radius 2 is 2.31 bits per heavy atom. The number of nitrogens with zero attached hydrogens (tertiary/aromatic N) is 2. The lowest BCUT2D eigenvalue weighted by Crippen LogP contribution is -2.29. The highest BCUT2D eigenvalue weighted by Crippen LogP contribution is 2.02. The molecule has 74 valence electrons. The smallest absolute Gasteiger partial charge is 0.108 e. The van der Waals surface area contributed by atoms with Crippen LogP contribution in [-0.2, 0) is 13.0 Å². The van der Waals surface area contributed by atoms with E-state index in [2.05, 4.69) is 34.9 Å². The SMILES string of the molecule is CCc1nccn1CC(CC)NC. The molecule has 3 nitrogen and oxygen atoms in total. The van der Waals surface area contributed by atoms with E-state index in [1.54, 1.807) is 0 Å². The number of aromatic nitrogens is 2. The summed E-state index contributed by atoms with van der Waals surface area (Å²) in [4.78, 5) is 4.29. The Bertz CT molecular complexity index is 238. The lowest BCUT2D eigenvalue weighted by Gasteiger charge is -2.15. The van der Waals surface area contributed by atoms with Crippen molar-refractivity contribution < 1.29 is 0 Å². The van der Waals surface area contributed by atoms with E-state index in [1.165, 1.54) is 5.82 Å². The quantitative estimate of drug-likeness (QED) is 0.745. The van der Waals surface area contributed by atoms with Gasteiger partial charge in [0, 0.05) is 31.4 Å². The first kappa shape index (κ1) is 10.3. The first-order valence-corrected chi connectivity index (χ1v) is 4.99. The molecule has 0 aromatic carbocycles. The number of imidazole rings is 1. The molecule has 1 rings (SSSR count). The third kappa shape index (κ3) is 2.56. The summed E-state index contributed by atoms with van der Waals surface area (Å²) < 4.78 is 2.23. The summed E-state index contributed by atoms with van der Waals surface area (Å²) in [6, 6.07) is 0.555. The Balaban J connectivity index is 2.61. The van der Waals surface area contributed by atoms with Crippen LogP contribution >= 0.6 is 0 Å². The lowest BCUT2D eigenvalue weighted by molar-refractivity contribution is 0.460. The van der Waals surface area contributed by atoms with Gasteiger partial charge in [-0.1, -0.05) is 13.8 Å². The normalized spacial score (nSPS) is 13.2. The molecule has 1 N–H and O–H groups in total. The predicted molar refractivity (Wildman–Crippen MR) is 54.7 cm³/mol. The van der Waals surface area contributed by atoms with Crippen molar-refractivity contribution in [3.63, 3.8) is 0 Å². The first-order chi connectivity index (χ1) is 6.31. The second-order valence-corrected chi connectivity index (χ2v) is 3.24. The van der Waals surface area contributed by atoms with Crippen molar-refractivity contribution in [1.29, 1.82) is 0 Å². The van der Waals surface area contributed by atoms with Crippen molar-refractivity contribution in [1.82, 2.24) is 14.9 Å². The van der Waals surface area contributed by atoms with E-state index in [0.717, 1.165) is 19.4 Å². The van der Waals surface area contributed by atoms with Crippen LogP contribution in [0.5, 0.6) is 0 Å². The largest absolute Gasteiger partial charge is 0.333 e. The van der Waals surface area contributed by atoms with Gasteiger partial charge in [-0.15, -0.1) is 0 Å². The van der Waals surface area contributed by atoms with Crippen molar-refractivity contribution in [3.05, 3.63) is 18.2 Å². The molecule has 0 radical (unpaired) electrons. The summed E-state index contributed by atoms with van der Waals surface area (Å²) in [7, 11) is 2.01. The monoisotopic (exact) mass is 181 g/mol. The van der Waals surface area contributed by atoms with Gasteiger partial charge in [-0.3, -0.25) is 0 Å². The summed E-state index contributed by atoms with van der Waals surface area (Å²) in [5.41, 5.74) is 0. The number of rotatable bonds is 5. The van der Waals surface area contributed by atoms with Gasteiger partial charge in [-0.25, -0.2) is 4.98 Å². The molecule has 0 aliphatic rings. The standard InChI is InChI=1S/C10H19N3/c1-4-9(11-3)8-13-7-6-12-10(13)5-2/h6-7,9,11H,4-5,8H2,1-3H3. The molecule has 0 spiro atoms. The van der Waals surface area contributed by atoms with Crippen LogP contribution in [0.1, 0.15) is 26.1 Å². The zero-order valence-corrected chi connectivity index (χ0v) is 8.75.